The first-order valence-electron chi connectivity index (χ1n) is 5.56. The van der Waals surface area contributed by atoms with Crippen LogP contribution >= 0.6 is 0 Å². The highest BCUT2D eigenvalue weighted by Gasteiger charge is 2.34. The number of urea groups is 1. The van der Waals surface area contributed by atoms with E-state index in [0.29, 0.717) is 11.1 Å². The fraction of sp³-hybridized carbons (Fsp3) is 0.250. The number of carbonyl (C=O) groups is 3. The van der Waals surface area contributed by atoms with Crippen LogP contribution < -0.4 is 10.6 Å². The normalized spacial score (nSPS) is 13.5. The van der Waals surface area contributed by atoms with E-state index in [4.69, 9.17) is 0 Å². The lowest BCUT2D eigenvalue weighted by Crippen LogP contribution is -2.40. The topological polar surface area (TPSA) is 78.5 Å². The van der Waals surface area contributed by atoms with Crippen molar-refractivity contribution in [1.82, 2.24) is 15.5 Å². The van der Waals surface area contributed by atoms with Crippen molar-refractivity contribution in [2.45, 2.75) is 0 Å². The molecule has 2 rings (SSSR count). The first-order valence-corrected chi connectivity index (χ1v) is 5.56. The molecule has 0 bridgehead atoms. The van der Waals surface area contributed by atoms with Gasteiger partial charge in [0.2, 0.25) is 0 Å². The van der Waals surface area contributed by atoms with Crippen molar-refractivity contribution < 1.29 is 14.4 Å². The van der Waals surface area contributed by atoms with Crippen molar-refractivity contribution in [2.24, 2.45) is 0 Å². The summed E-state index contributed by atoms with van der Waals surface area (Å²) in [6.45, 7) is 0.394. The molecule has 1 heterocycles. The number of nitrogens with zero attached hydrogens (tertiary/aromatic N) is 1. The molecular weight excluding hydrogens is 234 g/mol. The maximum Gasteiger partial charge on any atom is 0.314 e. The second-order valence-corrected chi connectivity index (χ2v) is 3.81. The van der Waals surface area contributed by atoms with Crippen LogP contribution in [0.1, 0.15) is 20.7 Å². The Hall–Kier alpha value is -2.37. The molecule has 0 aromatic heterocycles. The second-order valence-electron chi connectivity index (χ2n) is 3.81. The van der Waals surface area contributed by atoms with Crippen LogP contribution in [0.15, 0.2) is 24.3 Å². The van der Waals surface area contributed by atoms with Gasteiger partial charge in [-0.05, 0) is 12.1 Å². The zero-order chi connectivity index (χ0) is 13.1. The summed E-state index contributed by atoms with van der Waals surface area (Å²) in [6, 6.07) is 6.35. The van der Waals surface area contributed by atoms with Gasteiger partial charge in [0.05, 0.1) is 11.1 Å². The third-order valence-electron chi connectivity index (χ3n) is 2.73. The Morgan fingerprint density at radius 2 is 1.72 bits per heavy atom. The molecule has 1 aliphatic rings. The molecule has 0 unspecified atom stereocenters. The van der Waals surface area contributed by atoms with Gasteiger partial charge in [-0.2, -0.15) is 0 Å². The van der Waals surface area contributed by atoms with Crippen LogP contribution in [0, 0.1) is 0 Å². The molecule has 1 aliphatic heterocycles. The van der Waals surface area contributed by atoms with E-state index in [-0.39, 0.29) is 30.9 Å². The smallest absolute Gasteiger partial charge is 0.314 e. The predicted octanol–water partition coefficient (Wildman–Crippen LogP) is 0.212. The summed E-state index contributed by atoms with van der Waals surface area (Å²) in [4.78, 5) is 36.0. The van der Waals surface area contributed by atoms with Crippen molar-refractivity contribution in [3.63, 3.8) is 0 Å². The van der Waals surface area contributed by atoms with E-state index in [2.05, 4.69) is 10.6 Å². The number of imide groups is 1. The first kappa shape index (κ1) is 12.1. The highest BCUT2D eigenvalue weighted by atomic mass is 16.2. The molecule has 4 amide bonds. The summed E-state index contributed by atoms with van der Waals surface area (Å²) in [5.41, 5.74) is 0.838. The molecule has 1 aromatic carbocycles. The monoisotopic (exact) mass is 247 g/mol. The van der Waals surface area contributed by atoms with Gasteiger partial charge in [-0.1, -0.05) is 12.1 Å². The number of amides is 4. The maximum absolute atomic E-state index is 11.9. The molecule has 0 fully saturated rings. The lowest BCUT2D eigenvalue weighted by molar-refractivity contribution is 0.0656. The Kier molecular flexibility index (Phi) is 3.27. The summed E-state index contributed by atoms with van der Waals surface area (Å²) in [5, 5.41) is 4.92. The van der Waals surface area contributed by atoms with Crippen molar-refractivity contribution in [3.05, 3.63) is 35.4 Å². The molecule has 0 spiro atoms. The SMILES string of the molecule is CNC(=O)NCCN1C(=O)c2ccccc2C1=O. The number of carbonyl (C=O) groups excluding carboxylic acids is 3. The van der Waals surface area contributed by atoms with E-state index in [1.54, 1.807) is 24.3 Å². The molecule has 18 heavy (non-hydrogen) atoms. The number of fused-ring (bicyclic) bond motifs is 1. The van der Waals surface area contributed by atoms with Crippen LogP contribution in [0.5, 0.6) is 0 Å². The van der Waals surface area contributed by atoms with Gasteiger partial charge in [0, 0.05) is 20.1 Å². The zero-order valence-corrected chi connectivity index (χ0v) is 9.90. The van der Waals surface area contributed by atoms with E-state index in [1.807, 2.05) is 0 Å². The predicted molar refractivity (Wildman–Crippen MR) is 64.3 cm³/mol. The van der Waals surface area contributed by atoms with Gasteiger partial charge in [-0.15, -0.1) is 0 Å². The molecule has 2 N–H and O–H groups in total. The van der Waals surface area contributed by atoms with Crippen LogP contribution in [-0.4, -0.2) is 42.9 Å². The van der Waals surface area contributed by atoms with Crippen molar-refractivity contribution >= 4 is 17.8 Å². The number of rotatable bonds is 3. The molecule has 94 valence electrons. The summed E-state index contributed by atoms with van der Waals surface area (Å²) >= 11 is 0. The summed E-state index contributed by atoms with van der Waals surface area (Å²) < 4.78 is 0. The minimum atomic E-state index is -0.341. The number of benzene rings is 1. The van der Waals surface area contributed by atoms with E-state index < -0.39 is 0 Å². The van der Waals surface area contributed by atoms with Gasteiger partial charge in [0.1, 0.15) is 0 Å². The largest absolute Gasteiger partial charge is 0.341 e. The van der Waals surface area contributed by atoms with Crippen molar-refractivity contribution in [2.75, 3.05) is 20.1 Å². The minimum Gasteiger partial charge on any atom is -0.341 e. The minimum absolute atomic E-state index is 0.166. The third kappa shape index (κ3) is 2.04. The number of nitrogens with one attached hydrogen (secondary N) is 2. The fourth-order valence-corrected chi connectivity index (χ4v) is 1.81. The van der Waals surface area contributed by atoms with Crippen LogP contribution in [-0.2, 0) is 0 Å². The Labute approximate surface area is 104 Å². The Morgan fingerprint density at radius 3 is 2.22 bits per heavy atom. The molecule has 0 radical (unpaired) electrons. The average Bonchev–Trinajstić information content (AvgIpc) is 2.64. The van der Waals surface area contributed by atoms with Crippen molar-refractivity contribution in [1.29, 1.82) is 0 Å². The van der Waals surface area contributed by atoms with Crippen LogP contribution in [0.3, 0.4) is 0 Å². The van der Waals surface area contributed by atoms with E-state index in [9.17, 15) is 14.4 Å². The van der Waals surface area contributed by atoms with Gasteiger partial charge >= 0.3 is 6.03 Å². The molecule has 0 aliphatic carbocycles. The lowest BCUT2D eigenvalue weighted by atomic mass is 10.1. The van der Waals surface area contributed by atoms with Crippen molar-refractivity contribution in [3.8, 4) is 0 Å². The van der Waals surface area contributed by atoms with E-state index in [0.717, 1.165) is 4.90 Å². The second kappa shape index (κ2) is 4.87. The Balaban J connectivity index is 2.03. The molecule has 1 aromatic rings. The maximum atomic E-state index is 11.9. The Morgan fingerprint density at radius 1 is 1.17 bits per heavy atom. The van der Waals surface area contributed by atoms with Crippen LogP contribution in [0.2, 0.25) is 0 Å². The highest BCUT2D eigenvalue weighted by Crippen LogP contribution is 2.21. The quantitative estimate of drug-likeness (QED) is 0.749. The lowest BCUT2D eigenvalue weighted by Gasteiger charge is -2.13. The Bertz CT molecular complexity index is 478. The van der Waals surface area contributed by atoms with Gasteiger partial charge in [-0.3, -0.25) is 14.5 Å². The summed E-state index contributed by atoms with van der Waals surface area (Å²) in [6.07, 6.45) is 0. The third-order valence-corrected chi connectivity index (χ3v) is 2.73. The average molecular weight is 247 g/mol. The van der Waals surface area contributed by atoms with Crippen LogP contribution in [0.4, 0.5) is 4.79 Å². The van der Waals surface area contributed by atoms with Gasteiger partial charge < -0.3 is 10.6 Å². The molecule has 6 heteroatoms. The van der Waals surface area contributed by atoms with Crippen LogP contribution in [0.25, 0.3) is 0 Å². The number of hydrogen-bond acceptors (Lipinski definition) is 3. The zero-order valence-electron chi connectivity index (χ0n) is 9.90. The summed E-state index contributed by atoms with van der Waals surface area (Å²) in [7, 11) is 1.50. The molecule has 0 saturated heterocycles. The first-order chi connectivity index (χ1) is 8.65. The van der Waals surface area contributed by atoms with E-state index >= 15 is 0 Å². The molecule has 0 saturated carbocycles. The highest BCUT2D eigenvalue weighted by molar-refractivity contribution is 6.21. The molecular formula is C12H13N3O3. The fourth-order valence-electron chi connectivity index (χ4n) is 1.81. The van der Waals surface area contributed by atoms with Gasteiger partial charge in [0.25, 0.3) is 11.8 Å². The standard InChI is InChI=1S/C12H13N3O3/c1-13-12(18)14-6-7-15-10(16)8-4-2-3-5-9(8)11(15)17/h2-5H,6-7H2,1H3,(H2,13,14,18). The summed E-state index contributed by atoms with van der Waals surface area (Å²) in [5.74, 6) is -0.622. The molecule has 0 atom stereocenters. The number of hydrogen-bond donors (Lipinski definition) is 2. The van der Waals surface area contributed by atoms with E-state index in [1.165, 1.54) is 7.05 Å². The van der Waals surface area contributed by atoms with Gasteiger partial charge in [0.15, 0.2) is 0 Å². The molecule has 6 nitrogen and oxygen atoms in total. The van der Waals surface area contributed by atoms with Gasteiger partial charge in [-0.25, -0.2) is 4.79 Å².